The Hall–Kier alpha value is -1.96. The number of allylic oxidation sites excluding steroid dienone is 2. The second-order valence-electron chi connectivity index (χ2n) is 12.4. The first-order valence-corrected chi connectivity index (χ1v) is 17.7. The molecule has 0 N–H and O–H groups in total. The van der Waals surface area contributed by atoms with E-state index in [-0.39, 0.29) is 55.8 Å². The summed E-state index contributed by atoms with van der Waals surface area (Å²) in [6.45, 7) is 13.1. The minimum atomic E-state index is -0.927. The van der Waals surface area contributed by atoms with Gasteiger partial charge in [0, 0.05) is 19.3 Å². The lowest BCUT2D eigenvalue weighted by Gasteiger charge is -2.25. The Kier molecular flexibility index (Phi) is 26.1. The molecular weight excluding hydrogens is 624 g/mol. The van der Waals surface area contributed by atoms with Crippen LogP contribution in [0.2, 0.25) is 0 Å². The fourth-order valence-electron chi connectivity index (χ4n) is 5.15. The number of halogens is 1. The smallest absolute Gasteiger partial charge is 0.322 e. The first-order chi connectivity index (χ1) is 21.0. The van der Waals surface area contributed by atoms with Gasteiger partial charge in [-0.05, 0) is 64.2 Å². The van der Waals surface area contributed by atoms with Crippen LogP contribution in [0.5, 0.6) is 0 Å². The van der Waals surface area contributed by atoms with Crippen LogP contribution in [0.25, 0.3) is 0 Å². The third kappa shape index (κ3) is 24.4. The molecule has 254 valence electrons. The number of carbonyl (C=O) groups excluding carboxylic acids is 4. The van der Waals surface area contributed by atoms with Crippen LogP contribution in [-0.2, 0) is 33.4 Å². The van der Waals surface area contributed by atoms with Crippen molar-refractivity contribution in [1.29, 1.82) is 0 Å². The van der Waals surface area contributed by atoms with Crippen LogP contribution < -0.4 is 0 Å². The van der Waals surface area contributed by atoms with Gasteiger partial charge in [0.1, 0.15) is 23.3 Å². The van der Waals surface area contributed by atoms with Gasteiger partial charge in [-0.25, -0.2) is 0 Å². The number of rotatable bonds is 30. The lowest BCUT2D eigenvalue weighted by Crippen LogP contribution is -2.34. The highest BCUT2D eigenvalue weighted by atomic mass is 79.9. The number of hydrogen-bond donors (Lipinski definition) is 0. The standard InChI is InChI=1S/C36H61BrO7/c1-6-8-10-12-14-16-18-20-22-32(38)24-25-43-34(40)31(4)28-30(3)29-36(5,37)35(41)44-27-26-42-33(39)23-21-19-17-15-13-11-9-7-2/h6-7,30-31H,1-2,8-29H2,3-5H3. The Morgan fingerprint density at radius 1 is 0.682 bits per heavy atom. The van der Waals surface area contributed by atoms with Crippen LogP contribution in [0.15, 0.2) is 25.3 Å². The van der Waals surface area contributed by atoms with E-state index in [1.54, 1.807) is 13.8 Å². The number of esters is 3. The molecule has 8 heteroatoms. The van der Waals surface area contributed by atoms with Crippen LogP contribution in [0.3, 0.4) is 0 Å². The SMILES string of the molecule is C=CCCCCCCCCC(=O)CCOC(=O)C(C)CC(C)CC(C)(Br)C(=O)OCCOC(=O)CCCCCCCCC=C. The fourth-order valence-corrected chi connectivity index (χ4v) is 5.82. The molecule has 0 spiro atoms. The zero-order valence-corrected chi connectivity index (χ0v) is 29.6. The molecule has 0 saturated heterocycles. The maximum absolute atomic E-state index is 12.6. The second kappa shape index (κ2) is 27.4. The predicted molar refractivity (Wildman–Crippen MR) is 182 cm³/mol. The van der Waals surface area contributed by atoms with Gasteiger partial charge in [0.25, 0.3) is 0 Å². The number of alkyl halides is 1. The van der Waals surface area contributed by atoms with Gasteiger partial charge in [0.05, 0.1) is 12.5 Å². The molecule has 3 unspecified atom stereocenters. The summed E-state index contributed by atoms with van der Waals surface area (Å²) in [5, 5.41) is 0. The molecule has 0 radical (unpaired) electrons. The summed E-state index contributed by atoms with van der Waals surface area (Å²) in [6.07, 6.45) is 21.3. The number of hydrogen-bond acceptors (Lipinski definition) is 7. The molecule has 0 aliphatic rings. The lowest BCUT2D eigenvalue weighted by molar-refractivity contribution is -0.154. The molecule has 0 aliphatic carbocycles. The molecule has 0 aliphatic heterocycles. The van der Waals surface area contributed by atoms with Gasteiger partial charge in [-0.2, -0.15) is 0 Å². The molecule has 0 bridgehead atoms. The molecule has 0 amide bonds. The van der Waals surface area contributed by atoms with E-state index >= 15 is 0 Å². The Bertz CT molecular complexity index is 823. The van der Waals surface area contributed by atoms with Crippen molar-refractivity contribution in [2.24, 2.45) is 11.8 Å². The van der Waals surface area contributed by atoms with Crippen LogP contribution in [0.4, 0.5) is 0 Å². The molecule has 0 aromatic heterocycles. The van der Waals surface area contributed by atoms with Gasteiger partial charge in [-0.1, -0.05) is 93.3 Å². The Balaban J connectivity index is 4.03. The maximum Gasteiger partial charge on any atom is 0.322 e. The average molecular weight is 686 g/mol. The minimum Gasteiger partial charge on any atom is -0.465 e. The number of Topliss-reactive ketones (excluding diaryl/α,β-unsaturated/α-hetero) is 1. The molecular formula is C36H61BrO7. The molecule has 0 heterocycles. The van der Waals surface area contributed by atoms with Crippen molar-refractivity contribution < 1.29 is 33.4 Å². The van der Waals surface area contributed by atoms with E-state index in [1.165, 1.54) is 38.5 Å². The van der Waals surface area contributed by atoms with Crippen LogP contribution >= 0.6 is 15.9 Å². The van der Waals surface area contributed by atoms with Crippen molar-refractivity contribution in [2.75, 3.05) is 19.8 Å². The summed E-state index contributed by atoms with van der Waals surface area (Å²) in [6, 6.07) is 0. The van der Waals surface area contributed by atoms with E-state index < -0.39 is 10.3 Å². The Morgan fingerprint density at radius 2 is 1.18 bits per heavy atom. The molecule has 44 heavy (non-hydrogen) atoms. The van der Waals surface area contributed by atoms with E-state index in [0.29, 0.717) is 25.7 Å². The van der Waals surface area contributed by atoms with Gasteiger partial charge < -0.3 is 14.2 Å². The summed E-state index contributed by atoms with van der Waals surface area (Å²) in [5.41, 5.74) is 0. The quantitative estimate of drug-likeness (QED) is 0.0244. The number of carbonyl (C=O) groups is 4. The fraction of sp³-hybridized carbons (Fsp3) is 0.778. The van der Waals surface area contributed by atoms with Gasteiger partial charge in [-0.3, -0.25) is 19.2 Å². The van der Waals surface area contributed by atoms with Gasteiger partial charge in [0.2, 0.25) is 0 Å². The normalized spacial score (nSPS) is 13.7. The number of ketones is 1. The molecule has 0 rings (SSSR count). The third-order valence-corrected chi connectivity index (χ3v) is 8.32. The average Bonchev–Trinajstić information content (AvgIpc) is 2.97. The summed E-state index contributed by atoms with van der Waals surface area (Å²) < 4.78 is 15.0. The summed E-state index contributed by atoms with van der Waals surface area (Å²) in [5.74, 6) is -1.21. The van der Waals surface area contributed by atoms with Crippen molar-refractivity contribution in [2.45, 2.75) is 147 Å². The van der Waals surface area contributed by atoms with Crippen molar-refractivity contribution >= 4 is 39.6 Å². The van der Waals surface area contributed by atoms with E-state index in [1.807, 2.05) is 19.1 Å². The summed E-state index contributed by atoms with van der Waals surface area (Å²) in [7, 11) is 0. The lowest BCUT2D eigenvalue weighted by atomic mass is 9.89. The summed E-state index contributed by atoms with van der Waals surface area (Å²) >= 11 is 3.48. The molecule has 0 aromatic carbocycles. The number of unbranched alkanes of at least 4 members (excludes halogenated alkanes) is 12. The van der Waals surface area contributed by atoms with Gasteiger partial charge in [-0.15, -0.1) is 13.2 Å². The first-order valence-electron chi connectivity index (χ1n) is 16.9. The largest absolute Gasteiger partial charge is 0.465 e. The van der Waals surface area contributed by atoms with Crippen LogP contribution in [-0.4, -0.2) is 47.8 Å². The Labute approximate surface area is 276 Å². The van der Waals surface area contributed by atoms with Crippen LogP contribution in [0.1, 0.15) is 143 Å². The monoisotopic (exact) mass is 684 g/mol. The Morgan fingerprint density at radius 3 is 1.75 bits per heavy atom. The molecule has 0 fully saturated rings. The number of ether oxygens (including phenoxy) is 3. The minimum absolute atomic E-state index is 0.000989. The van der Waals surface area contributed by atoms with E-state index in [4.69, 9.17) is 14.2 Å². The maximum atomic E-state index is 12.6. The van der Waals surface area contributed by atoms with Gasteiger partial charge >= 0.3 is 17.9 Å². The highest BCUT2D eigenvalue weighted by molar-refractivity contribution is 9.10. The highest BCUT2D eigenvalue weighted by Crippen LogP contribution is 2.31. The summed E-state index contributed by atoms with van der Waals surface area (Å²) in [4.78, 5) is 49.1. The molecule has 0 aromatic rings. The van der Waals surface area contributed by atoms with Crippen molar-refractivity contribution in [1.82, 2.24) is 0 Å². The topological polar surface area (TPSA) is 96.0 Å². The van der Waals surface area contributed by atoms with Crippen molar-refractivity contribution in [3.8, 4) is 0 Å². The highest BCUT2D eigenvalue weighted by Gasteiger charge is 2.34. The predicted octanol–water partition coefficient (Wildman–Crippen LogP) is 9.39. The van der Waals surface area contributed by atoms with E-state index in [2.05, 4.69) is 29.1 Å². The molecule has 3 atom stereocenters. The third-order valence-electron chi connectivity index (χ3n) is 7.67. The van der Waals surface area contributed by atoms with Gasteiger partial charge in [0.15, 0.2) is 0 Å². The molecule has 7 nitrogen and oxygen atoms in total. The zero-order valence-electron chi connectivity index (χ0n) is 28.0. The first kappa shape index (κ1) is 42.0. The van der Waals surface area contributed by atoms with Crippen LogP contribution in [0, 0.1) is 11.8 Å². The molecule has 0 saturated carbocycles. The van der Waals surface area contributed by atoms with E-state index in [0.717, 1.165) is 51.4 Å². The van der Waals surface area contributed by atoms with Crippen molar-refractivity contribution in [3.05, 3.63) is 25.3 Å². The van der Waals surface area contributed by atoms with E-state index in [9.17, 15) is 19.2 Å². The zero-order chi connectivity index (χ0) is 33.1. The van der Waals surface area contributed by atoms with Crippen molar-refractivity contribution in [3.63, 3.8) is 0 Å². The second-order valence-corrected chi connectivity index (χ2v) is 14.1.